The van der Waals surface area contributed by atoms with Crippen LogP contribution in [-0.2, 0) is 9.53 Å². The quantitative estimate of drug-likeness (QED) is 0.856. The first-order chi connectivity index (χ1) is 8.81. The summed E-state index contributed by atoms with van der Waals surface area (Å²) in [5.41, 5.74) is 0. The summed E-state index contributed by atoms with van der Waals surface area (Å²) in [5, 5.41) is 9.10. The third-order valence-corrected chi connectivity index (χ3v) is 3.46. The number of methoxy groups -OCH3 is 1. The van der Waals surface area contributed by atoms with E-state index in [1.165, 1.54) is 7.11 Å². The van der Waals surface area contributed by atoms with E-state index in [1.54, 1.807) is 17.5 Å². The highest BCUT2D eigenvalue weighted by Gasteiger charge is 2.16. The van der Waals surface area contributed by atoms with Crippen LogP contribution in [0.2, 0.25) is 0 Å². The predicted molar refractivity (Wildman–Crippen MR) is 69.6 cm³/mol. The molecular formula is C12H15N3O2S. The second-order valence-electron chi connectivity index (χ2n) is 3.75. The molecule has 0 aliphatic rings. The second-order valence-corrected chi connectivity index (χ2v) is 4.73. The van der Waals surface area contributed by atoms with Gasteiger partial charge in [0.05, 0.1) is 0 Å². The van der Waals surface area contributed by atoms with Gasteiger partial charge in [0, 0.05) is 30.9 Å². The molecule has 2 aromatic rings. The molecule has 0 bridgehead atoms. The number of carbonyl (C=O) groups excluding carboxylic acids is 1. The Morgan fingerprint density at radius 1 is 1.61 bits per heavy atom. The van der Waals surface area contributed by atoms with Gasteiger partial charge in [-0.3, -0.25) is 9.48 Å². The lowest BCUT2D eigenvalue weighted by atomic mass is 10.2. The number of ether oxygens (including phenoxy) is 1. The van der Waals surface area contributed by atoms with Crippen LogP contribution in [0.3, 0.4) is 0 Å². The zero-order valence-corrected chi connectivity index (χ0v) is 10.9. The molecule has 96 valence electrons. The normalized spacial score (nSPS) is 12.3. The van der Waals surface area contributed by atoms with Gasteiger partial charge in [0.2, 0.25) is 5.91 Å². The molecule has 6 heteroatoms. The van der Waals surface area contributed by atoms with Crippen molar-refractivity contribution in [1.82, 2.24) is 15.1 Å². The van der Waals surface area contributed by atoms with E-state index in [-0.39, 0.29) is 18.6 Å². The molecule has 1 amide bonds. The number of nitrogens with zero attached hydrogens (tertiary/aromatic N) is 2. The predicted octanol–water partition coefficient (Wildman–Crippen LogP) is 1.30. The van der Waals surface area contributed by atoms with Gasteiger partial charge in [0.1, 0.15) is 12.6 Å². The molecule has 2 rings (SSSR count). The molecule has 5 nitrogen and oxygen atoms in total. The SMILES string of the molecule is COCC(=O)NCC(c1cccs1)n1cccn1. The molecule has 1 atom stereocenters. The van der Waals surface area contributed by atoms with E-state index in [1.807, 2.05) is 34.5 Å². The van der Waals surface area contributed by atoms with Crippen LogP contribution < -0.4 is 5.32 Å². The smallest absolute Gasteiger partial charge is 0.246 e. The first-order valence-electron chi connectivity index (χ1n) is 5.59. The summed E-state index contributed by atoms with van der Waals surface area (Å²) in [4.78, 5) is 12.6. The van der Waals surface area contributed by atoms with E-state index >= 15 is 0 Å². The standard InChI is InChI=1S/C12H15N3O2S/c1-17-9-12(16)13-8-10(11-4-2-7-18-11)15-6-3-5-14-15/h2-7,10H,8-9H2,1H3,(H,13,16). The number of rotatable bonds is 6. The minimum atomic E-state index is -0.119. The molecule has 0 spiro atoms. The average Bonchev–Trinajstić information content (AvgIpc) is 3.02. The highest BCUT2D eigenvalue weighted by atomic mass is 32.1. The zero-order chi connectivity index (χ0) is 12.8. The Hall–Kier alpha value is -1.66. The van der Waals surface area contributed by atoms with Crippen LogP contribution in [0.5, 0.6) is 0 Å². The molecule has 2 aromatic heterocycles. The minimum Gasteiger partial charge on any atom is -0.375 e. The highest BCUT2D eigenvalue weighted by molar-refractivity contribution is 7.10. The van der Waals surface area contributed by atoms with Gasteiger partial charge >= 0.3 is 0 Å². The van der Waals surface area contributed by atoms with Crippen molar-refractivity contribution in [3.8, 4) is 0 Å². The largest absolute Gasteiger partial charge is 0.375 e. The molecule has 0 aliphatic carbocycles. The van der Waals surface area contributed by atoms with Gasteiger partial charge in [-0.1, -0.05) is 6.07 Å². The molecule has 1 N–H and O–H groups in total. The lowest BCUT2D eigenvalue weighted by Gasteiger charge is -2.16. The highest BCUT2D eigenvalue weighted by Crippen LogP contribution is 2.21. The van der Waals surface area contributed by atoms with Crippen LogP contribution in [0.15, 0.2) is 36.0 Å². The average molecular weight is 265 g/mol. The monoisotopic (exact) mass is 265 g/mol. The number of aromatic nitrogens is 2. The Morgan fingerprint density at radius 3 is 3.11 bits per heavy atom. The van der Waals surface area contributed by atoms with Crippen LogP contribution in [0.1, 0.15) is 10.9 Å². The Kier molecular flexibility index (Phi) is 4.49. The van der Waals surface area contributed by atoms with Crippen LogP contribution in [-0.4, -0.2) is 35.9 Å². The Labute approximate surface area is 109 Å². The van der Waals surface area contributed by atoms with Gasteiger partial charge in [0.15, 0.2) is 0 Å². The maximum Gasteiger partial charge on any atom is 0.246 e. The van der Waals surface area contributed by atoms with Crippen molar-refractivity contribution < 1.29 is 9.53 Å². The Balaban J connectivity index is 2.05. The Bertz CT molecular complexity index is 433. The maximum absolute atomic E-state index is 11.4. The number of carbonyl (C=O) groups is 1. The van der Waals surface area contributed by atoms with Gasteiger partial charge in [-0.25, -0.2) is 0 Å². The molecule has 2 heterocycles. The maximum atomic E-state index is 11.4. The van der Waals surface area contributed by atoms with Gasteiger partial charge in [-0.2, -0.15) is 5.10 Å². The van der Waals surface area contributed by atoms with Gasteiger partial charge in [0.25, 0.3) is 0 Å². The van der Waals surface area contributed by atoms with Crippen molar-refractivity contribution in [2.24, 2.45) is 0 Å². The van der Waals surface area contributed by atoms with E-state index < -0.39 is 0 Å². The fourth-order valence-electron chi connectivity index (χ4n) is 1.66. The summed E-state index contributed by atoms with van der Waals surface area (Å²) in [6.07, 6.45) is 3.63. The summed E-state index contributed by atoms with van der Waals surface area (Å²) in [6.45, 7) is 0.584. The van der Waals surface area contributed by atoms with Crippen LogP contribution >= 0.6 is 11.3 Å². The fourth-order valence-corrected chi connectivity index (χ4v) is 2.48. The molecular weight excluding hydrogens is 250 g/mol. The molecule has 0 aliphatic heterocycles. The summed E-state index contributed by atoms with van der Waals surface area (Å²) in [7, 11) is 1.50. The molecule has 0 fully saturated rings. The molecule has 0 saturated heterocycles. The molecule has 0 radical (unpaired) electrons. The molecule has 1 unspecified atom stereocenters. The molecule has 18 heavy (non-hydrogen) atoms. The number of amides is 1. The van der Waals surface area contributed by atoms with Crippen molar-refractivity contribution in [3.63, 3.8) is 0 Å². The number of hydrogen-bond donors (Lipinski definition) is 1. The third-order valence-electron chi connectivity index (χ3n) is 2.48. The van der Waals surface area contributed by atoms with Crippen molar-refractivity contribution in [3.05, 3.63) is 40.8 Å². The lowest BCUT2D eigenvalue weighted by molar-refractivity contribution is -0.124. The summed E-state index contributed by atoms with van der Waals surface area (Å²) in [6, 6.07) is 5.94. The number of hydrogen-bond acceptors (Lipinski definition) is 4. The van der Waals surface area contributed by atoms with E-state index in [0.717, 1.165) is 4.88 Å². The van der Waals surface area contributed by atoms with Crippen molar-refractivity contribution in [1.29, 1.82) is 0 Å². The zero-order valence-electron chi connectivity index (χ0n) is 10.1. The van der Waals surface area contributed by atoms with Crippen LogP contribution in [0, 0.1) is 0 Å². The first kappa shape index (κ1) is 12.8. The van der Waals surface area contributed by atoms with Crippen LogP contribution in [0.25, 0.3) is 0 Å². The van der Waals surface area contributed by atoms with Gasteiger partial charge in [-0.05, 0) is 17.5 Å². The van der Waals surface area contributed by atoms with Crippen molar-refractivity contribution in [2.45, 2.75) is 6.04 Å². The van der Waals surface area contributed by atoms with E-state index in [4.69, 9.17) is 4.74 Å². The topological polar surface area (TPSA) is 56.1 Å². The van der Waals surface area contributed by atoms with Crippen molar-refractivity contribution >= 4 is 17.2 Å². The summed E-state index contributed by atoms with van der Waals surface area (Å²) >= 11 is 1.65. The molecule has 0 aromatic carbocycles. The number of nitrogens with one attached hydrogen (secondary N) is 1. The van der Waals surface area contributed by atoms with Gasteiger partial charge in [-0.15, -0.1) is 11.3 Å². The second kappa shape index (κ2) is 6.32. The third kappa shape index (κ3) is 3.18. The van der Waals surface area contributed by atoms with E-state index in [0.29, 0.717) is 6.54 Å². The van der Waals surface area contributed by atoms with Crippen molar-refractivity contribution in [2.75, 3.05) is 20.3 Å². The first-order valence-corrected chi connectivity index (χ1v) is 6.47. The van der Waals surface area contributed by atoms with Crippen LogP contribution in [0.4, 0.5) is 0 Å². The molecule has 0 saturated carbocycles. The number of thiophene rings is 1. The van der Waals surface area contributed by atoms with E-state index in [9.17, 15) is 4.79 Å². The fraction of sp³-hybridized carbons (Fsp3) is 0.333. The minimum absolute atomic E-state index is 0.0285. The summed E-state index contributed by atoms with van der Waals surface area (Å²) < 4.78 is 6.63. The summed E-state index contributed by atoms with van der Waals surface area (Å²) in [5.74, 6) is -0.119. The van der Waals surface area contributed by atoms with E-state index in [2.05, 4.69) is 10.4 Å². The lowest BCUT2D eigenvalue weighted by Crippen LogP contribution is -2.33. The Morgan fingerprint density at radius 2 is 2.50 bits per heavy atom. The van der Waals surface area contributed by atoms with Gasteiger partial charge < -0.3 is 10.1 Å².